The lowest BCUT2D eigenvalue weighted by Crippen LogP contribution is -2.09. The molecular formula is C21H12ClNO. The number of aromatic amines is 1. The summed E-state index contributed by atoms with van der Waals surface area (Å²) in [5.74, 6) is -0.00712. The van der Waals surface area contributed by atoms with Crippen LogP contribution >= 0.6 is 11.6 Å². The van der Waals surface area contributed by atoms with Gasteiger partial charge in [-0.1, -0.05) is 66.2 Å². The Labute approximate surface area is 143 Å². The van der Waals surface area contributed by atoms with Crippen molar-refractivity contribution >= 4 is 28.3 Å². The molecule has 4 aromatic rings. The first-order valence-corrected chi connectivity index (χ1v) is 8.17. The van der Waals surface area contributed by atoms with E-state index in [-0.39, 0.29) is 5.78 Å². The van der Waals surface area contributed by atoms with Crippen LogP contribution in [0, 0.1) is 0 Å². The van der Waals surface area contributed by atoms with Crippen LogP contribution < -0.4 is 0 Å². The van der Waals surface area contributed by atoms with Crippen molar-refractivity contribution in [3.8, 4) is 22.4 Å². The Bertz CT molecular complexity index is 1130. The molecule has 3 heteroatoms. The molecule has 114 valence electrons. The van der Waals surface area contributed by atoms with E-state index in [1.807, 2.05) is 48.5 Å². The van der Waals surface area contributed by atoms with Crippen molar-refractivity contribution in [2.75, 3.05) is 0 Å². The van der Waals surface area contributed by atoms with Crippen molar-refractivity contribution < 1.29 is 4.79 Å². The van der Waals surface area contributed by atoms with Gasteiger partial charge in [-0.15, -0.1) is 0 Å². The summed E-state index contributed by atoms with van der Waals surface area (Å²) in [6.07, 6.45) is 0. The Morgan fingerprint density at radius 3 is 2.33 bits per heavy atom. The number of hydrogen-bond donors (Lipinski definition) is 1. The predicted octanol–water partition coefficient (Wildman–Crippen LogP) is 5.70. The van der Waals surface area contributed by atoms with Crippen LogP contribution in [0.3, 0.4) is 0 Å². The molecule has 1 N–H and O–H groups in total. The third-order valence-electron chi connectivity index (χ3n) is 4.64. The minimum atomic E-state index is -0.00712. The standard InChI is InChI=1S/C21H12ClNO/c22-15-10-4-8-13-17(15)21(24)14-9-5-11-16-18(14)19(13)20(23-16)12-6-2-1-3-7-12/h1-11,23H. The van der Waals surface area contributed by atoms with Gasteiger partial charge in [-0.3, -0.25) is 4.79 Å². The van der Waals surface area contributed by atoms with Crippen molar-refractivity contribution in [3.63, 3.8) is 0 Å². The van der Waals surface area contributed by atoms with Crippen LogP contribution in [0.15, 0.2) is 66.7 Å². The lowest BCUT2D eigenvalue weighted by atomic mass is 9.84. The second-order valence-electron chi connectivity index (χ2n) is 5.96. The zero-order valence-electron chi connectivity index (χ0n) is 12.6. The molecule has 1 heterocycles. The highest BCUT2D eigenvalue weighted by molar-refractivity contribution is 6.38. The molecule has 1 aromatic heterocycles. The first-order valence-electron chi connectivity index (χ1n) is 7.79. The number of ketones is 1. The summed E-state index contributed by atoms with van der Waals surface area (Å²) in [7, 11) is 0. The molecule has 0 saturated carbocycles. The van der Waals surface area contributed by atoms with E-state index in [2.05, 4.69) is 17.1 Å². The second-order valence-corrected chi connectivity index (χ2v) is 6.37. The highest BCUT2D eigenvalue weighted by Crippen LogP contribution is 2.46. The molecule has 0 saturated heterocycles. The Kier molecular flexibility index (Phi) is 2.73. The van der Waals surface area contributed by atoms with E-state index in [4.69, 9.17) is 11.6 Å². The van der Waals surface area contributed by atoms with E-state index in [0.717, 1.165) is 33.3 Å². The largest absolute Gasteiger partial charge is 0.354 e. The first-order chi connectivity index (χ1) is 11.8. The van der Waals surface area contributed by atoms with Crippen LogP contribution in [0.1, 0.15) is 15.9 Å². The molecular weight excluding hydrogens is 318 g/mol. The lowest BCUT2D eigenvalue weighted by molar-refractivity contribution is 0.104. The van der Waals surface area contributed by atoms with Crippen LogP contribution in [0.2, 0.25) is 5.02 Å². The molecule has 0 bridgehead atoms. The predicted molar refractivity (Wildman–Crippen MR) is 97.6 cm³/mol. The molecule has 3 aromatic carbocycles. The van der Waals surface area contributed by atoms with Crippen molar-refractivity contribution in [2.24, 2.45) is 0 Å². The van der Waals surface area contributed by atoms with E-state index in [0.29, 0.717) is 16.1 Å². The molecule has 0 radical (unpaired) electrons. The van der Waals surface area contributed by atoms with E-state index >= 15 is 0 Å². The summed E-state index contributed by atoms with van der Waals surface area (Å²) in [6.45, 7) is 0. The maximum absolute atomic E-state index is 13.0. The summed E-state index contributed by atoms with van der Waals surface area (Å²) >= 11 is 6.37. The van der Waals surface area contributed by atoms with Gasteiger partial charge in [-0.2, -0.15) is 0 Å². The van der Waals surface area contributed by atoms with Crippen molar-refractivity contribution in [1.29, 1.82) is 0 Å². The molecule has 1 aliphatic rings. The fraction of sp³-hybridized carbons (Fsp3) is 0. The van der Waals surface area contributed by atoms with Crippen molar-refractivity contribution in [1.82, 2.24) is 4.98 Å². The molecule has 1 aliphatic carbocycles. The fourth-order valence-corrected chi connectivity index (χ4v) is 3.89. The molecule has 2 nitrogen and oxygen atoms in total. The average Bonchev–Trinajstić information content (AvgIpc) is 3.01. The molecule has 0 atom stereocenters. The summed E-state index contributed by atoms with van der Waals surface area (Å²) < 4.78 is 0. The number of rotatable bonds is 1. The van der Waals surface area contributed by atoms with Gasteiger partial charge in [0.15, 0.2) is 5.78 Å². The molecule has 24 heavy (non-hydrogen) atoms. The lowest BCUT2D eigenvalue weighted by Gasteiger charge is -2.18. The molecule has 0 unspecified atom stereocenters. The van der Waals surface area contributed by atoms with E-state index in [1.165, 1.54) is 0 Å². The first kappa shape index (κ1) is 13.6. The quantitative estimate of drug-likeness (QED) is 0.420. The number of halogens is 1. The fourth-order valence-electron chi connectivity index (χ4n) is 3.63. The average molecular weight is 330 g/mol. The third kappa shape index (κ3) is 1.69. The maximum atomic E-state index is 13.0. The van der Waals surface area contributed by atoms with Gasteiger partial charge in [0.2, 0.25) is 0 Å². The van der Waals surface area contributed by atoms with Gasteiger partial charge < -0.3 is 4.98 Å². The van der Waals surface area contributed by atoms with Gasteiger partial charge in [-0.25, -0.2) is 0 Å². The van der Waals surface area contributed by atoms with Crippen LogP contribution in [-0.4, -0.2) is 10.8 Å². The normalized spacial score (nSPS) is 12.5. The number of benzene rings is 3. The number of carbonyl (C=O) groups is 1. The van der Waals surface area contributed by atoms with Gasteiger partial charge in [-0.05, 0) is 23.3 Å². The summed E-state index contributed by atoms with van der Waals surface area (Å²) in [6, 6.07) is 21.6. The third-order valence-corrected chi connectivity index (χ3v) is 4.96. The monoisotopic (exact) mass is 329 g/mol. The van der Waals surface area contributed by atoms with Gasteiger partial charge in [0.1, 0.15) is 0 Å². The zero-order valence-corrected chi connectivity index (χ0v) is 13.4. The van der Waals surface area contributed by atoms with Gasteiger partial charge in [0.25, 0.3) is 0 Å². The maximum Gasteiger partial charge on any atom is 0.195 e. The van der Waals surface area contributed by atoms with E-state index in [1.54, 1.807) is 6.07 Å². The van der Waals surface area contributed by atoms with Crippen molar-refractivity contribution in [2.45, 2.75) is 0 Å². The molecule has 5 rings (SSSR count). The Balaban J connectivity index is 1.99. The smallest absolute Gasteiger partial charge is 0.195 e. The van der Waals surface area contributed by atoms with Crippen LogP contribution in [0.25, 0.3) is 33.3 Å². The summed E-state index contributed by atoms with van der Waals surface area (Å²) in [5, 5.41) is 1.48. The van der Waals surface area contributed by atoms with Gasteiger partial charge in [0, 0.05) is 27.6 Å². The highest BCUT2D eigenvalue weighted by Gasteiger charge is 2.30. The number of nitrogens with one attached hydrogen (secondary N) is 1. The number of H-pyrrole nitrogens is 1. The minimum Gasteiger partial charge on any atom is -0.354 e. The molecule has 0 fully saturated rings. The SMILES string of the molecule is O=C1c2c(Cl)cccc2-c2c(-c3ccccc3)[nH]c3cccc1c23. The number of carbonyl (C=O) groups excluding carboxylic acids is 1. The topological polar surface area (TPSA) is 32.9 Å². The highest BCUT2D eigenvalue weighted by atomic mass is 35.5. The van der Waals surface area contributed by atoms with Gasteiger partial charge in [0.05, 0.1) is 10.7 Å². The Morgan fingerprint density at radius 2 is 1.50 bits per heavy atom. The van der Waals surface area contributed by atoms with Crippen LogP contribution in [0.5, 0.6) is 0 Å². The van der Waals surface area contributed by atoms with Crippen LogP contribution in [-0.2, 0) is 0 Å². The summed E-state index contributed by atoms with van der Waals surface area (Å²) in [5.41, 5.74) is 6.35. The minimum absolute atomic E-state index is 0.00712. The van der Waals surface area contributed by atoms with Crippen LogP contribution in [0.4, 0.5) is 0 Å². The Morgan fingerprint density at radius 1 is 0.750 bits per heavy atom. The van der Waals surface area contributed by atoms with Crippen molar-refractivity contribution in [3.05, 3.63) is 82.9 Å². The van der Waals surface area contributed by atoms with E-state index < -0.39 is 0 Å². The summed E-state index contributed by atoms with van der Waals surface area (Å²) in [4.78, 5) is 16.5. The number of hydrogen-bond acceptors (Lipinski definition) is 1. The molecule has 0 aliphatic heterocycles. The number of fused-ring (bicyclic) bond motifs is 2. The molecule has 0 amide bonds. The van der Waals surface area contributed by atoms with E-state index in [9.17, 15) is 4.79 Å². The second kappa shape index (κ2) is 4.83. The van der Waals surface area contributed by atoms with Gasteiger partial charge >= 0.3 is 0 Å². The number of aromatic nitrogens is 1. The molecule has 0 spiro atoms. The zero-order chi connectivity index (χ0) is 16.3. The Hall–Kier alpha value is -2.84.